The second kappa shape index (κ2) is 9.55. The number of carbonyl (C=O) groups excluding carboxylic acids is 2. The van der Waals surface area contributed by atoms with Gasteiger partial charge >= 0.3 is 6.09 Å². The first-order valence-corrected chi connectivity index (χ1v) is 7.37. The molecule has 23 heavy (non-hydrogen) atoms. The van der Waals surface area contributed by atoms with Gasteiger partial charge in [-0.3, -0.25) is 4.79 Å². The molecular weight excluding hydrogens is 300 g/mol. The number of ether oxygens (including phenoxy) is 3. The third kappa shape index (κ3) is 6.46. The molecule has 1 aromatic carbocycles. The summed E-state index contributed by atoms with van der Waals surface area (Å²) in [7, 11) is 2.85. The van der Waals surface area contributed by atoms with Crippen molar-refractivity contribution in [3.63, 3.8) is 0 Å². The average molecular weight is 324 g/mol. The molecule has 1 unspecified atom stereocenters. The predicted molar refractivity (Wildman–Crippen MR) is 85.7 cm³/mol. The number of nitrogens with one attached hydrogen (secondary N) is 2. The lowest BCUT2D eigenvalue weighted by molar-refractivity contribution is -0.124. The van der Waals surface area contributed by atoms with E-state index in [1.54, 1.807) is 31.4 Å². The van der Waals surface area contributed by atoms with Crippen molar-refractivity contribution in [2.75, 3.05) is 27.4 Å². The zero-order valence-electron chi connectivity index (χ0n) is 13.9. The molecule has 0 fully saturated rings. The molecule has 1 aromatic rings. The number of benzene rings is 1. The normalized spacial score (nSPS) is 11.5. The van der Waals surface area contributed by atoms with Gasteiger partial charge in [0.25, 0.3) is 0 Å². The molecule has 0 aliphatic heterocycles. The molecule has 0 saturated carbocycles. The summed E-state index contributed by atoms with van der Waals surface area (Å²) in [5.41, 5.74) is 0. The lowest BCUT2D eigenvalue weighted by Crippen LogP contribution is -2.50. The topological polar surface area (TPSA) is 85.9 Å². The Balaban J connectivity index is 2.37. The molecule has 0 aliphatic rings. The zero-order valence-corrected chi connectivity index (χ0v) is 13.9. The van der Waals surface area contributed by atoms with Crippen molar-refractivity contribution in [1.82, 2.24) is 10.6 Å². The van der Waals surface area contributed by atoms with Gasteiger partial charge in [0.2, 0.25) is 5.91 Å². The van der Waals surface area contributed by atoms with E-state index in [1.165, 1.54) is 7.11 Å². The van der Waals surface area contributed by atoms with Gasteiger partial charge in [-0.15, -0.1) is 0 Å². The fraction of sp³-hybridized carbons (Fsp3) is 0.500. The fourth-order valence-electron chi connectivity index (χ4n) is 1.85. The van der Waals surface area contributed by atoms with Crippen LogP contribution in [0.15, 0.2) is 24.3 Å². The molecule has 0 aromatic heterocycles. The molecule has 0 bridgehead atoms. The summed E-state index contributed by atoms with van der Waals surface area (Å²) in [6, 6.07) is 6.52. The molecule has 0 radical (unpaired) electrons. The van der Waals surface area contributed by atoms with Crippen LogP contribution in [0, 0.1) is 5.92 Å². The molecule has 2 amide bonds. The van der Waals surface area contributed by atoms with Gasteiger partial charge in [0.15, 0.2) is 0 Å². The first kappa shape index (κ1) is 18.6. The van der Waals surface area contributed by atoms with Crippen LogP contribution in [0.5, 0.6) is 11.5 Å². The lowest BCUT2D eigenvalue weighted by atomic mass is 10.0. The Hall–Kier alpha value is -2.44. The van der Waals surface area contributed by atoms with Gasteiger partial charge in [-0.25, -0.2) is 4.79 Å². The minimum Gasteiger partial charge on any atom is -0.497 e. The highest BCUT2D eigenvalue weighted by molar-refractivity contribution is 5.85. The lowest BCUT2D eigenvalue weighted by Gasteiger charge is -2.20. The van der Waals surface area contributed by atoms with E-state index in [9.17, 15) is 9.59 Å². The van der Waals surface area contributed by atoms with Crippen LogP contribution in [0.3, 0.4) is 0 Å². The highest BCUT2D eigenvalue weighted by Crippen LogP contribution is 2.16. The molecule has 0 saturated heterocycles. The highest BCUT2D eigenvalue weighted by atomic mass is 16.5. The van der Waals surface area contributed by atoms with Crippen LogP contribution >= 0.6 is 0 Å². The van der Waals surface area contributed by atoms with E-state index in [4.69, 9.17) is 9.47 Å². The SMILES string of the molecule is COC(=O)NC(C(=O)NCCOc1ccc(OC)cc1)C(C)C. The highest BCUT2D eigenvalue weighted by Gasteiger charge is 2.24. The molecule has 1 atom stereocenters. The summed E-state index contributed by atoms with van der Waals surface area (Å²) in [5, 5.41) is 5.24. The zero-order chi connectivity index (χ0) is 17.2. The predicted octanol–water partition coefficient (Wildman–Crippen LogP) is 1.57. The van der Waals surface area contributed by atoms with Gasteiger partial charge in [-0.05, 0) is 30.2 Å². The summed E-state index contributed by atoms with van der Waals surface area (Å²) < 4.78 is 15.1. The standard InChI is InChI=1S/C16H24N2O5/c1-11(2)14(18-16(20)22-4)15(19)17-9-10-23-13-7-5-12(21-3)6-8-13/h5-8,11,14H,9-10H2,1-4H3,(H,17,19)(H,18,20). The number of methoxy groups -OCH3 is 2. The summed E-state index contributed by atoms with van der Waals surface area (Å²) in [6.45, 7) is 4.33. The Morgan fingerprint density at radius 2 is 1.70 bits per heavy atom. The molecule has 128 valence electrons. The molecule has 7 heteroatoms. The molecule has 2 N–H and O–H groups in total. The quantitative estimate of drug-likeness (QED) is 0.709. The molecule has 0 heterocycles. The van der Waals surface area contributed by atoms with E-state index in [0.717, 1.165) is 5.75 Å². The summed E-state index contributed by atoms with van der Waals surface area (Å²) in [6.07, 6.45) is -0.631. The van der Waals surface area contributed by atoms with E-state index in [2.05, 4.69) is 15.4 Å². The number of hydrogen-bond acceptors (Lipinski definition) is 5. The van der Waals surface area contributed by atoms with Crippen LogP contribution in [0.2, 0.25) is 0 Å². The Morgan fingerprint density at radius 1 is 1.09 bits per heavy atom. The minimum absolute atomic E-state index is 0.0587. The van der Waals surface area contributed by atoms with E-state index in [0.29, 0.717) is 18.9 Å². The molecule has 0 aliphatic carbocycles. The number of carbonyl (C=O) groups is 2. The van der Waals surface area contributed by atoms with Crippen LogP contribution in [0.1, 0.15) is 13.8 Å². The summed E-state index contributed by atoms with van der Waals surface area (Å²) >= 11 is 0. The monoisotopic (exact) mass is 324 g/mol. The minimum atomic E-state index is -0.650. The van der Waals surface area contributed by atoms with Crippen LogP contribution in [0.4, 0.5) is 4.79 Å². The Labute approximate surface area is 136 Å². The number of rotatable bonds is 8. The largest absolute Gasteiger partial charge is 0.497 e. The van der Waals surface area contributed by atoms with Crippen molar-refractivity contribution in [3.8, 4) is 11.5 Å². The maximum atomic E-state index is 12.1. The molecule has 0 spiro atoms. The van der Waals surface area contributed by atoms with Crippen LogP contribution in [-0.4, -0.2) is 45.4 Å². The van der Waals surface area contributed by atoms with E-state index in [-0.39, 0.29) is 11.8 Å². The van der Waals surface area contributed by atoms with Crippen molar-refractivity contribution in [2.24, 2.45) is 5.92 Å². The van der Waals surface area contributed by atoms with Crippen LogP contribution < -0.4 is 20.1 Å². The van der Waals surface area contributed by atoms with E-state index < -0.39 is 12.1 Å². The fourth-order valence-corrected chi connectivity index (χ4v) is 1.85. The van der Waals surface area contributed by atoms with E-state index >= 15 is 0 Å². The van der Waals surface area contributed by atoms with Crippen LogP contribution in [-0.2, 0) is 9.53 Å². The van der Waals surface area contributed by atoms with E-state index in [1.807, 2.05) is 13.8 Å². The third-order valence-corrected chi connectivity index (χ3v) is 3.14. The smallest absolute Gasteiger partial charge is 0.407 e. The van der Waals surface area contributed by atoms with Crippen molar-refractivity contribution in [2.45, 2.75) is 19.9 Å². The number of hydrogen-bond donors (Lipinski definition) is 2. The van der Waals surface area contributed by atoms with Crippen molar-refractivity contribution < 1.29 is 23.8 Å². The van der Waals surface area contributed by atoms with Crippen LogP contribution in [0.25, 0.3) is 0 Å². The van der Waals surface area contributed by atoms with Gasteiger partial charge in [0, 0.05) is 0 Å². The van der Waals surface area contributed by atoms with Crippen molar-refractivity contribution in [1.29, 1.82) is 0 Å². The molecular formula is C16H24N2O5. The Morgan fingerprint density at radius 3 is 2.22 bits per heavy atom. The maximum Gasteiger partial charge on any atom is 0.407 e. The number of amides is 2. The molecule has 1 rings (SSSR count). The second-order valence-corrected chi connectivity index (χ2v) is 5.17. The van der Waals surface area contributed by atoms with Gasteiger partial charge in [0.1, 0.15) is 24.1 Å². The van der Waals surface area contributed by atoms with Gasteiger partial charge in [-0.2, -0.15) is 0 Å². The van der Waals surface area contributed by atoms with Crippen molar-refractivity contribution >= 4 is 12.0 Å². The summed E-state index contributed by atoms with van der Waals surface area (Å²) in [5.74, 6) is 1.10. The first-order chi connectivity index (χ1) is 11.0. The van der Waals surface area contributed by atoms with Gasteiger partial charge < -0.3 is 24.8 Å². The Bertz CT molecular complexity index is 502. The third-order valence-electron chi connectivity index (χ3n) is 3.14. The molecule has 7 nitrogen and oxygen atoms in total. The van der Waals surface area contributed by atoms with Gasteiger partial charge in [-0.1, -0.05) is 13.8 Å². The summed E-state index contributed by atoms with van der Waals surface area (Å²) in [4.78, 5) is 23.3. The Kier molecular flexibility index (Phi) is 7.73. The first-order valence-electron chi connectivity index (χ1n) is 7.37. The van der Waals surface area contributed by atoms with Crippen molar-refractivity contribution in [3.05, 3.63) is 24.3 Å². The van der Waals surface area contributed by atoms with Gasteiger partial charge in [0.05, 0.1) is 20.8 Å². The second-order valence-electron chi connectivity index (χ2n) is 5.17. The average Bonchev–Trinajstić information content (AvgIpc) is 2.56. The number of alkyl carbamates (subject to hydrolysis) is 1. The maximum absolute atomic E-state index is 12.1.